The number of benzene rings is 1. The summed E-state index contributed by atoms with van der Waals surface area (Å²) in [6.07, 6.45) is 8.76. The number of ether oxygens (including phenoxy) is 1. The van der Waals surface area contributed by atoms with Crippen LogP contribution in [0.5, 0.6) is 5.75 Å². The summed E-state index contributed by atoms with van der Waals surface area (Å²) in [7, 11) is 0. The molecule has 5 nitrogen and oxygen atoms in total. The first-order valence-electron chi connectivity index (χ1n) is 10.9. The molecule has 1 amide bonds. The van der Waals surface area contributed by atoms with Crippen LogP contribution in [0.3, 0.4) is 0 Å². The first-order chi connectivity index (χ1) is 14.1. The summed E-state index contributed by atoms with van der Waals surface area (Å²) < 4.78 is 11.8. The highest BCUT2D eigenvalue weighted by molar-refractivity contribution is 5.84. The molecule has 0 unspecified atom stereocenters. The van der Waals surface area contributed by atoms with Gasteiger partial charge >= 0.3 is 0 Å². The Kier molecular flexibility index (Phi) is 6.24. The number of hydrogen-bond acceptors (Lipinski definition) is 4. The van der Waals surface area contributed by atoms with E-state index in [1.165, 1.54) is 24.0 Å². The standard InChI is InChI=1S/C24H32N2O3/c1-17(2)9-12-26-13-10-18(11-14-26)25-24(27)16-28-19-7-8-23-21(15-19)20-5-3-4-6-22(20)29-23/h7-9,15,18H,3-6,10-14,16H2,1-2H3,(H,25,27). The van der Waals surface area contributed by atoms with Crippen molar-refractivity contribution in [1.29, 1.82) is 0 Å². The van der Waals surface area contributed by atoms with E-state index in [9.17, 15) is 4.79 Å². The fourth-order valence-electron chi connectivity index (χ4n) is 4.32. The average Bonchev–Trinajstić information content (AvgIpc) is 3.10. The summed E-state index contributed by atoms with van der Waals surface area (Å²) in [6, 6.07) is 6.13. The van der Waals surface area contributed by atoms with E-state index in [1.54, 1.807) is 0 Å². The van der Waals surface area contributed by atoms with Crippen molar-refractivity contribution < 1.29 is 13.9 Å². The Hall–Kier alpha value is -2.27. The molecule has 1 aliphatic heterocycles. The lowest BCUT2D eigenvalue weighted by Crippen LogP contribution is -2.45. The number of piperidine rings is 1. The Morgan fingerprint density at radius 2 is 2.03 bits per heavy atom. The minimum Gasteiger partial charge on any atom is -0.484 e. The lowest BCUT2D eigenvalue weighted by Gasteiger charge is -2.31. The van der Waals surface area contributed by atoms with Gasteiger partial charge in [0.05, 0.1) is 0 Å². The van der Waals surface area contributed by atoms with Gasteiger partial charge < -0.3 is 14.5 Å². The number of allylic oxidation sites excluding steroid dienone is 1. The zero-order valence-electron chi connectivity index (χ0n) is 17.6. The zero-order valence-corrected chi connectivity index (χ0v) is 17.6. The lowest BCUT2D eigenvalue weighted by molar-refractivity contribution is -0.124. The molecule has 156 valence electrons. The molecule has 29 heavy (non-hydrogen) atoms. The van der Waals surface area contributed by atoms with E-state index in [4.69, 9.17) is 9.15 Å². The van der Waals surface area contributed by atoms with E-state index >= 15 is 0 Å². The van der Waals surface area contributed by atoms with Crippen molar-refractivity contribution in [3.05, 3.63) is 41.2 Å². The van der Waals surface area contributed by atoms with Crippen LogP contribution >= 0.6 is 0 Å². The highest BCUT2D eigenvalue weighted by atomic mass is 16.5. The fourth-order valence-corrected chi connectivity index (χ4v) is 4.32. The summed E-state index contributed by atoms with van der Waals surface area (Å²) in [6.45, 7) is 7.38. The maximum absolute atomic E-state index is 12.3. The Balaban J connectivity index is 1.26. The predicted molar refractivity (Wildman–Crippen MR) is 115 cm³/mol. The summed E-state index contributed by atoms with van der Waals surface area (Å²) in [5.41, 5.74) is 3.60. The minimum atomic E-state index is -0.0398. The molecule has 2 heterocycles. The molecule has 4 rings (SSSR count). The minimum absolute atomic E-state index is 0.0398. The number of fused-ring (bicyclic) bond motifs is 3. The van der Waals surface area contributed by atoms with Crippen LogP contribution in [0.4, 0.5) is 0 Å². The first kappa shape index (κ1) is 20.0. The maximum atomic E-state index is 12.3. The monoisotopic (exact) mass is 396 g/mol. The van der Waals surface area contributed by atoms with Crippen LogP contribution in [0.15, 0.2) is 34.3 Å². The molecule has 5 heteroatoms. The van der Waals surface area contributed by atoms with Gasteiger partial charge in [-0.05, 0) is 64.2 Å². The van der Waals surface area contributed by atoms with Gasteiger partial charge in [-0.15, -0.1) is 0 Å². The maximum Gasteiger partial charge on any atom is 0.258 e. The van der Waals surface area contributed by atoms with Crippen LogP contribution < -0.4 is 10.1 Å². The summed E-state index contributed by atoms with van der Waals surface area (Å²) in [5, 5.41) is 4.27. The summed E-state index contributed by atoms with van der Waals surface area (Å²) in [4.78, 5) is 14.8. The van der Waals surface area contributed by atoms with Gasteiger partial charge in [-0.1, -0.05) is 11.6 Å². The number of nitrogens with one attached hydrogen (secondary N) is 1. The SMILES string of the molecule is CC(C)=CCN1CCC(NC(=O)COc2ccc3oc4c(c3c2)CCCC4)CC1. The van der Waals surface area contributed by atoms with Crippen LogP contribution in [0, 0.1) is 0 Å². The van der Waals surface area contributed by atoms with E-state index in [-0.39, 0.29) is 18.6 Å². The van der Waals surface area contributed by atoms with E-state index in [1.807, 2.05) is 18.2 Å². The molecule has 1 aromatic carbocycles. The van der Waals surface area contributed by atoms with E-state index < -0.39 is 0 Å². The third-order valence-electron chi connectivity index (χ3n) is 6.01. The van der Waals surface area contributed by atoms with Crippen LogP contribution in [0.25, 0.3) is 11.0 Å². The Morgan fingerprint density at radius 1 is 1.24 bits per heavy atom. The van der Waals surface area contributed by atoms with Crippen molar-refractivity contribution in [2.24, 2.45) is 0 Å². The van der Waals surface area contributed by atoms with Crippen molar-refractivity contribution in [3.8, 4) is 5.75 Å². The van der Waals surface area contributed by atoms with E-state index in [0.29, 0.717) is 0 Å². The molecule has 1 saturated heterocycles. The van der Waals surface area contributed by atoms with Gasteiger partial charge in [0.2, 0.25) is 0 Å². The van der Waals surface area contributed by atoms with Crippen LogP contribution in [0.2, 0.25) is 0 Å². The van der Waals surface area contributed by atoms with Crippen molar-refractivity contribution in [3.63, 3.8) is 0 Å². The van der Waals surface area contributed by atoms with Gasteiger partial charge in [0.25, 0.3) is 5.91 Å². The van der Waals surface area contributed by atoms with Crippen LogP contribution in [0.1, 0.15) is 50.9 Å². The zero-order chi connectivity index (χ0) is 20.2. The van der Waals surface area contributed by atoms with E-state index in [0.717, 1.165) is 67.8 Å². The highest BCUT2D eigenvalue weighted by Gasteiger charge is 2.21. The number of rotatable bonds is 6. The molecule has 2 aromatic rings. The quantitative estimate of drug-likeness (QED) is 0.742. The molecule has 1 aromatic heterocycles. The topological polar surface area (TPSA) is 54.7 Å². The van der Waals surface area contributed by atoms with Gasteiger partial charge in [-0.25, -0.2) is 0 Å². The Bertz CT molecular complexity index is 887. The smallest absolute Gasteiger partial charge is 0.258 e. The fraction of sp³-hybridized carbons (Fsp3) is 0.542. The molecule has 0 bridgehead atoms. The highest BCUT2D eigenvalue weighted by Crippen LogP contribution is 2.33. The van der Waals surface area contributed by atoms with Gasteiger partial charge in [0.1, 0.15) is 17.1 Å². The van der Waals surface area contributed by atoms with Crippen LogP contribution in [-0.4, -0.2) is 43.1 Å². The predicted octanol–water partition coefficient (Wildman–Crippen LogP) is 4.24. The largest absolute Gasteiger partial charge is 0.484 e. The third-order valence-corrected chi connectivity index (χ3v) is 6.01. The second-order valence-corrected chi connectivity index (χ2v) is 8.58. The molecule has 0 spiro atoms. The molecule has 0 saturated carbocycles. The normalized spacial score (nSPS) is 17.7. The van der Waals surface area contributed by atoms with Crippen LogP contribution in [-0.2, 0) is 17.6 Å². The van der Waals surface area contributed by atoms with Crippen molar-refractivity contribution >= 4 is 16.9 Å². The molecular formula is C24H32N2O3. The molecule has 1 aliphatic carbocycles. The van der Waals surface area contributed by atoms with Gasteiger partial charge in [-0.2, -0.15) is 0 Å². The number of furan rings is 1. The van der Waals surface area contributed by atoms with Gasteiger partial charge in [-0.3, -0.25) is 9.69 Å². The lowest BCUT2D eigenvalue weighted by atomic mass is 9.96. The summed E-state index contributed by atoms with van der Waals surface area (Å²) in [5.74, 6) is 1.82. The third kappa shape index (κ3) is 5.02. The van der Waals surface area contributed by atoms with Crippen molar-refractivity contribution in [2.45, 2.75) is 58.4 Å². The van der Waals surface area contributed by atoms with Crippen molar-refractivity contribution in [2.75, 3.05) is 26.2 Å². The Morgan fingerprint density at radius 3 is 2.83 bits per heavy atom. The average molecular weight is 397 g/mol. The number of carbonyl (C=O) groups excluding carboxylic acids is 1. The molecular weight excluding hydrogens is 364 g/mol. The van der Waals surface area contributed by atoms with E-state index in [2.05, 4.69) is 30.1 Å². The molecule has 1 N–H and O–H groups in total. The number of likely N-dealkylation sites (tertiary alicyclic amines) is 1. The molecule has 0 atom stereocenters. The molecule has 2 aliphatic rings. The number of nitrogens with zero attached hydrogens (tertiary/aromatic N) is 1. The molecule has 0 radical (unpaired) electrons. The van der Waals surface area contributed by atoms with Gasteiger partial charge in [0.15, 0.2) is 6.61 Å². The number of amides is 1. The Labute approximate surface area is 173 Å². The second kappa shape index (κ2) is 9.04. The number of aryl methyl sites for hydroxylation is 2. The van der Waals surface area contributed by atoms with Gasteiger partial charge in [0, 0.05) is 43.0 Å². The number of carbonyl (C=O) groups is 1. The van der Waals surface area contributed by atoms with Crippen molar-refractivity contribution in [1.82, 2.24) is 10.2 Å². The first-order valence-corrected chi connectivity index (χ1v) is 10.9. The molecule has 1 fully saturated rings. The summed E-state index contributed by atoms with van der Waals surface area (Å²) >= 11 is 0. The second-order valence-electron chi connectivity index (χ2n) is 8.58. The number of hydrogen-bond donors (Lipinski definition) is 1.